The van der Waals surface area contributed by atoms with Crippen molar-refractivity contribution in [2.75, 3.05) is 12.3 Å². The van der Waals surface area contributed by atoms with Gasteiger partial charge < -0.3 is 21.3 Å². The summed E-state index contributed by atoms with van der Waals surface area (Å²) in [4.78, 5) is 10.7. The zero-order chi connectivity index (χ0) is 13.9. The van der Waals surface area contributed by atoms with Crippen molar-refractivity contribution in [1.29, 1.82) is 0 Å². The number of rotatable bonds is 4. The number of hydrogen-bond acceptors (Lipinski definition) is 4. The second-order valence-corrected chi connectivity index (χ2v) is 5.61. The van der Waals surface area contributed by atoms with E-state index in [1.807, 2.05) is 0 Å². The lowest BCUT2D eigenvalue weighted by Gasteiger charge is -2.20. The first-order valence-corrected chi connectivity index (χ1v) is 6.76. The van der Waals surface area contributed by atoms with Crippen LogP contribution in [0.3, 0.4) is 0 Å². The molecule has 1 amide bonds. The number of hydrogen-bond donors (Lipinski definition) is 4. The van der Waals surface area contributed by atoms with Crippen LogP contribution < -0.4 is 11.1 Å². The van der Waals surface area contributed by atoms with E-state index in [9.17, 15) is 15.0 Å². The molecule has 2 atom stereocenters. The number of nitrogens with two attached hydrogens (primary N) is 1. The molecule has 1 aromatic carbocycles. The minimum absolute atomic E-state index is 0.0416. The van der Waals surface area contributed by atoms with E-state index in [0.717, 1.165) is 4.47 Å². The number of nitrogen functional groups attached to an aromatic ring is 1. The Hall–Kier alpha value is -0.630. The normalized spacial score (nSPS) is 14.1. The molecule has 0 saturated heterocycles. The van der Waals surface area contributed by atoms with Gasteiger partial charge in [-0.25, -0.2) is 0 Å². The Kier molecular flexibility index (Phi) is 5.58. The molecule has 5 N–H and O–H groups in total. The summed E-state index contributed by atoms with van der Waals surface area (Å²) in [5.74, 6) is -0.273. The van der Waals surface area contributed by atoms with Crippen LogP contribution in [0.25, 0.3) is 0 Å². The zero-order valence-corrected chi connectivity index (χ0v) is 12.8. The van der Waals surface area contributed by atoms with Crippen LogP contribution in [-0.4, -0.2) is 28.8 Å². The number of benzene rings is 1. The van der Waals surface area contributed by atoms with E-state index in [1.54, 1.807) is 12.1 Å². The molecule has 0 fully saturated rings. The Morgan fingerprint density at radius 1 is 1.44 bits per heavy atom. The fraction of sp³-hybridized carbons (Fsp3) is 0.364. The van der Waals surface area contributed by atoms with Gasteiger partial charge in [-0.3, -0.25) is 4.79 Å². The third-order valence-electron chi connectivity index (χ3n) is 2.37. The van der Waals surface area contributed by atoms with Crippen LogP contribution in [0.5, 0.6) is 0 Å². The van der Waals surface area contributed by atoms with Crippen molar-refractivity contribution in [1.82, 2.24) is 5.32 Å². The minimum Gasteiger partial charge on any atom is -0.398 e. The lowest BCUT2D eigenvalue weighted by atomic mass is 10.0. The van der Waals surface area contributed by atoms with Crippen LogP contribution in [-0.2, 0) is 4.79 Å². The van der Waals surface area contributed by atoms with E-state index >= 15 is 0 Å². The van der Waals surface area contributed by atoms with Crippen LogP contribution in [0.4, 0.5) is 5.69 Å². The van der Waals surface area contributed by atoms with Crippen molar-refractivity contribution in [2.45, 2.75) is 19.1 Å². The van der Waals surface area contributed by atoms with E-state index in [2.05, 4.69) is 37.2 Å². The van der Waals surface area contributed by atoms with Crippen molar-refractivity contribution < 1.29 is 15.0 Å². The Balaban J connectivity index is 2.89. The molecule has 0 bridgehead atoms. The van der Waals surface area contributed by atoms with Crippen LogP contribution in [0.2, 0.25) is 0 Å². The van der Waals surface area contributed by atoms with E-state index in [0.29, 0.717) is 15.7 Å². The molecular weight excluding hydrogens is 368 g/mol. The van der Waals surface area contributed by atoms with E-state index in [1.165, 1.54) is 6.92 Å². The van der Waals surface area contributed by atoms with Crippen LogP contribution >= 0.6 is 31.9 Å². The summed E-state index contributed by atoms with van der Waals surface area (Å²) in [6.07, 6.45) is -2.30. The second-order valence-electron chi connectivity index (χ2n) is 3.84. The molecule has 2 unspecified atom stereocenters. The molecule has 5 nitrogen and oxygen atoms in total. The predicted octanol–water partition coefficient (Wildman–Crippen LogP) is 1.32. The molecule has 1 rings (SSSR count). The lowest BCUT2D eigenvalue weighted by Crippen LogP contribution is -2.34. The molecule has 100 valence electrons. The fourth-order valence-corrected chi connectivity index (χ4v) is 2.67. The van der Waals surface area contributed by atoms with Gasteiger partial charge in [0.15, 0.2) is 0 Å². The van der Waals surface area contributed by atoms with Crippen molar-refractivity contribution >= 4 is 43.5 Å². The van der Waals surface area contributed by atoms with Gasteiger partial charge in [-0.05, 0) is 28.1 Å². The SMILES string of the molecule is CC(=O)NCC(O)C(O)c1cc(Br)cc(Br)c1N. The summed E-state index contributed by atoms with van der Waals surface area (Å²) in [6, 6.07) is 3.37. The van der Waals surface area contributed by atoms with Crippen molar-refractivity contribution in [3.63, 3.8) is 0 Å². The molecule has 0 radical (unpaired) electrons. The highest BCUT2D eigenvalue weighted by Gasteiger charge is 2.22. The summed E-state index contributed by atoms with van der Waals surface area (Å²) in [7, 11) is 0. The van der Waals surface area contributed by atoms with E-state index in [4.69, 9.17) is 5.73 Å². The number of amides is 1. The van der Waals surface area contributed by atoms with Crippen molar-refractivity contribution in [3.05, 3.63) is 26.6 Å². The number of carbonyl (C=O) groups is 1. The van der Waals surface area contributed by atoms with Gasteiger partial charge in [0.1, 0.15) is 12.2 Å². The van der Waals surface area contributed by atoms with Crippen molar-refractivity contribution in [3.8, 4) is 0 Å². The zero-order valence-electron chi connectivity index (χ0n) is 9.65. The molecule has 0 aromatic heterocycles. The Morgan fingerprint density at radius 3 is 2.61 bits per heavy atom. The predicted molar refractivity (Wildman–Crippen MR) is 75.9 cm³/mol. The number of halogens is 2. The highest BCUT2D eigenvalue weighted by molar-refractivity contribution is 9.11. The molecule has 18 heavy (non-hydrogen) atoms. The first kappa shape index (κ1) is 15.4. The summed E-state index contributed by atoms with van der Waals surface area (Å²) < 4.78 is 1.35. The maximum atomic E-state index is 10.7. The third kappa shape index (κ3) is 3.94. The molecule has 1 aromatic rings. The van der Waals surface area contributed by atoms with Crippen LogP contribution in [0, 0.1) is 0 Å². The van der Waals surface area contributed by atoms with Gasteiger partial charge in [0.05, 0.1) is 5.69 Å². The number of carbonyl (C=O) groups excluding carboxylic acids is 1. The van der Waals surface area contributed by atoms with Crippen LogP contribution in [0.15, 0.2) is 21.1 Å². The number of aliphatic hydroxyl groups is 2. The van der Waals surface area contributed by atoms with Gasteiger partial charge in [0.2, 0.25) is 5.91 Å². The monoisotopic (exact) mass is 380 g/mol. The second kappa shape index (κ2) is 6.51. The highest BCUT2D eigenvalue weighted by atomic mass is 79.9. The summed E-state index contributed by atoms with van der Waals surface area (Å²) >= 11 is 6.54. The van der Waals surface area contributed by atoms with E-state index < -0.39 is 12.2 Å². The standard InChI is InChI=1S/C11H14Br2N2O3/c1-5(16)15-4-9(17)11(18)7-2-6(12)3-8(13)10(7)14/h2-3,9,11,17-18H,4,14H2,1H3,(H,15,16). The minimum atomic E-state index is -1.18. The number of anilines is 1. The number of aliphatic hydroxyl groups excluding tert-OH is 2. The van der Waals surface area contributed by atoms with Gasteiger partial charge in [0.25, 0.3) is 0 Å². The Morgan fingerprint density at radius 2 is 2.06 bits per heavy atom. The summed E-state index contributed by atoms with van der Waals surface area (Å²) in [6.45, 7) is 1.29. The quantitative estimate of drug-likeness (QED) is 0.591. The third-order valence-corrected chi connectivity index (χ3v) is 3.48. The van der Waals surface area contributed by atoms with E-state index in [-0.39, 0.29) is 12.5 Å². The Bertz CT molecular complexity index is 454. The molecule has 0 aliphatic rings. The molecular formula is C11H14Br2N2O3. The van der Waals surface area contributed by atoms with Gasteiger partial charge in [0, 0.05) is 28.0 Å². The molecule has 0 aliphatic heterocycles. The first-order valence-electron chi connectivity index (χ1n) is 5.18. The largest absolute Gasteiger partial charge is 0.398 e. The average molecular weight is 382 g/mol. The molecule has 0 aliphatic carbocycles. The molecule has 7 heteroatoms. The maximum Gasteiger partial charge on any atom is 0.216 e. The van der Waals surface area contributed by atoms with Crippen LogP contribution in [0.1, 0.15) is 18.6 Å². The van der Waals surface area contributed by atoms with Gasteiger partial charge in [-0.1, -0.05) is 15.9 Å². The maximum absolute atomic E-state index is 10.7. The van der Waals surface area contributed by atoms with Crippen molar-refractivity contribution in [2.24, 2.45) is 0 Å². The van der Waals surface area contributed by atoms with Gasteiger partial charge in [-0.2, -0.15) is 0 Å². The fourth-order valence-electron chi connectivity index (χ4n) is 1.42. The average Bonchev–Trinajstić information content (AvgIpc) is 2.29. The molecule has 0 saturated carbocycles. The number of nitrogens with one attached hydrogen (secondary N) is 1. The topological polar surface area (TPSA) is 95.6 Å². The molecule has 0 spiro atoms. The lowest BCUT2D eigenvalue weighted by molar-refractivity contribution is -0.119. The Labute approximate surface area is 122 Å². The molecule has 0 heterocycles. The highest BCUT2D eigenvalue weighted by Crippen LogP contribution is 2.33. The van der Waals surface area contributed by atoms with Gasteiger partial charge >= 0.3 is 0 Å². The van der Waals surface area contributed by atoms with Gasteiger partial charge in [-0.15, -0.1) is 0 Å². The summed E-state index contributed by atoms with van der Waals surface area (Å²) in [5.41, 5.74) is 6.57. The summed E-state index contributed by atoms with van der Waals surface area (Å²) in [5, 5.41) is 22.2. The first-order chi connectivity index (χ1) is 8.32. The smallest absolute Gasteiger partial charge is 0.216 e.